The molecular formula is C12H23NO9. The van der Waals surface area contributed by atoms with Gasteiger partial charge in [0.05, 0.1) is 31.5 Å². The van der Waals surface area contributed by atoms with Crippen molar-refractivity contribution in [1.82, 2.24) is 5.32 Å². The highest BCUT2D eigenvalue weighted by atomic mass is 16.7. The Balaban J connectivity index is 1.90. The van der Waals surface area contributed by atoms with Crippen molar-refractivity contribution < 1.29 is 45.2 Å². The highest BCUT2D eigenvalue weighted by Crippen LogP contribution is 2.22. The van der Waals surface area contributed by atoms with Crippen LogP contribution in [0.5, 0.6) is 0 Å². The summed E-state index contributed by atoms with van der Waals surface area (Å²) in [6.45, 7) is -0.700. The Morgan fingerprint density at radius 1 is 0.909 bits per heavy atom. The average molecular weight is 325 g/mol. The number of β-amino-alcohol motifs (C(OH)–C–C–N with tert-alkyl or cyclic N) is 1. The largest absolute Gasteiger partial charge is 0.394 e. The second-order valence-corrected chi connectivity index (χ2v) is 5.59. The van der Waals surface area contributed by atoms with Gasteiger partial charge < -0.3 is 50.5 Å². The van der Waals surface area contributed by atoms with Crippen molar-refractivity contribution in [3.8, 4) is 0 Å². The summed E-state index contributed by atoms with van der Waals surface area (Å²) < 4.78 is 10.4. The van der Waals surface area contributed by atoms with E-state index in [1.54, 1.807) is 0 Å². The number of aliphatic hydroxyl groups excluding tert-OH is 7. The van der Waals surface area contributed by atoms with Crippen LogP contribution in [0.1, 0.15) is 0 Å². The van der Waals surface area contributed by atoms with E-state index in [9.17, 15) is 30.6 Å². The zero-order valence-corrected chi connectivity index (χ0v) is 11.8. The van der Waals surface area contributed by atoms with Crippen LogP contribution < -0.4 is 5.32 Å². The second kappa shape index (κ2) is 7.45. The van der Waals surface area contributed by atoms with E-state index in [1.807, 2.05) is 0 Å². The van der Waals surface area contributed by atoms with Gasteiger partial charge in [-0.3, -0.25) is 0 Å². The molecule has 2 aliphatic rings. The molecule has 0 aromatic heterocycles. The predicted octanol–water partition coefficient (Wildman–Crippen LogP) is -5.14. The summed E-state index contributed by atoms with van der Waals surface area (Å²) in [5, 5.41) is 69.7. The SMILES string of the molecule is OC[C@H]1O[C@@H](OC[C@H]2NC[C@H](O)[C@@H](O)[C@@H]2O)[C@H](O)[C@@H](O)[C@H]1O. The maximum Gasteiger partial charge on any atom is 0.186 e. The van der Waals surface area contributed by atoms with E-state index >= 15 is 0 Å². The van der Waals surface area contributed by atoms with Gasteiger partial charge in [0.1, 0.15) is 30.5 Å². The number of hydrogen-bond acceptors (Lipinski definition) is 10. The summed E-state index contributed by atoms with van der Waals surface area (Å²) in [6.07, 6.45) is -10.7. The van der Waals surface area contributed by atoms with Gasteiger partial charge in [-0.25, -0.2) is 0 Å². The number of nitrogens with one attached hydrogen (secondary N) is 1. The summed E-state index contributed by atoms with van der Waals surface area (Å²) in [7, 11) is 0. The van der Waals surface area contributed by atoms with Gasteiger partial charge >= 0.3 is 0 Å². The van der Waals surface area contributed by atoms with Crippen molar-refractivity contribution in [3.05, 3.63) is 0 Å². The lowest BCUT2D eigenvalue weighted by Crippen LogP contribution is -2.63. The second-order valence-electron chi connectivity index (χ2n) is 5.59. The van der Waals surface area contributed by atoms with Crippen LogP contribution in [-0.2, 0) is 9.47 Å². The van der Waals surface area contributed by atoms with Gasteiger partial charge in [-0.1, -0.05) is 0 Å². The fourth-order valence-electron chi connectivity index (χ4n) is 2.54. The topological polar surface area (TPSA) is 172 Å². The van der Waals surface area contributed by atoms with E-state index in [0.717, 1.165) is 0 Å². The van der Waals surface area contributed by atoms with Gasteiger partial charge in [0, 0.05) is 6.54 Å². The van der Waals surface area contributed by atoms with Gasteiger partial charge in [0.2, 0.25) is 0 Å². The van der Waals surface area contributed by atoms with Crippen LogP contribution in [0.15, 0.2) is 0 Å². The molecule has 0 aromatic rings. The van der Waals surface area contributed by atoms with E-state index in [1.165, 1.54) is 0 Å². The van der Waals surface area contributed by atoms with E-state index in [-0.39, 0.29) is 13.2 Å². The number of ether oxygens (including phenoxy) is 2. The van der Waals surface area contributed by atoms with Crippen LogP contribution in [-0.4, -0.2) is 111 Å². The molecule has 0 saturated carbocycles. The predicted molar refractivity (Wildman–Crippen MR) is 69.5 cm³/mol. The molecule has 2 heterocycles. The first-order valence-corrected chi connectivity index (χ1v) is 7.06. The number of rotatable bonds is 4. The number of piperidine rings is 1. The average Bonchev–Trinajstić information content (AvgIpc) is 2.51. The fourth-order valence-corrected chi connectivity index (χ4v) is 2.54. The van der Waals surface area contributed by atoms with Gasteiger partial charge in [0.15, 0.2) is 6.29 Å². The quantitative estimate of drug-likeness (QED) is 0.250. The third-order valence-electron chi connectivity index (χ3n) is 4.03. The lowest BCUT2D eigenvalue weighted by molar-refractivity contribution is -0.303. The van der Waals surface area contributed by atoms with Crippen LogP contribution in [0, 0.1) is 0 Å². The first-order chi connectivity index (χ1) is 10.4. The summed E-state index contributed by atoms with van der Waals surface area (Å²) in [5.74, 6) is 0. The van der Waals surface area contributed by atoms with Crippen molar-refractivity contribution in [3.63, 3.8) is 0 Å². The normalized spacial score (nSPS) is 50.0. The van der Waals surface area contributed by atoms with Gasteiger partial charge in [0.25, 0.3) is 0 Å². The van der Waals surface area contributed by atoms with Crippen molar-refractivity contribution in [2.24, 2.45) is 0 Å². The highest BCUT2D eigenvalue weighted by Gasteiger charge is 2.45. The van der Waals surface area contributed by atoms with E-state index in [2.05, 4.69) is 5.32 Å². The van der Waals surface area contributed by atoms with E-state index in [0.29, 0.717) is 0 Å². The first-order valence-electron chi connectivity index (χ1n) is 7.06. The molecule has 0 unspecified atom stereocenters. The van der Waals surface area contributed by atoms with Crippen LogP contribution in [0.25, 0.3) is 0 Å². The molecule has 22 heavy (non-hydrogen) atoms. The molecule has 9 atom stereocenters. The molecule has 10 heteroatoms. The van der Waals surface area contributed by atoms with Crippen molar-refractivity contribution in [2.45, 2.75) is 55.1 Å². The molecule has 0 bridgehead atoms. The zero-order chi connectivity index (χ0) is 16.4. The molecule has 2 saturated heterocycles. The molecule has 0 radical (unpaired) electrons. The van der Waals surface area contributed by atoms with Crippen molar-refractivity contribution in [1.29, 1.82) is 0 Å². The van der Waals surface area contributed by atoms with Crippen LogP contribution in [0.4, 0.5) is 0 Å². The third-order valence-corrected chi connectivity index (χ3v) is 4.03. The van der Waals surface area contributed by atoms with Gasteiger partial charge in [-0.2, -0.15) is 0 Å². The van der Waals surface area contributed by atoms with Crippen molar-refractivity contribution >= 4 is 0 Å². The van der Waals surface area contributed by atoms with Crippen LogP contribution >= 0.6 is 0 Å². The Hall–Kier alpha value is -0.400. The molecule has 0 aromatic carbocycles. The minimum absolute atomic E-state index is 0.0565. The smallest absolute Gasteiger partial charge is 0.186 e. The van der Waals surface area contributed by atoms with Gasteiger partial charge in [-0.05, 0) is 0 Å². The summed E-state index contributed by atoms with van der Waals surface area (Å²) in [6, 6.07) is -0.717. The standard InChI is InChI=1S/C12H23NO9/c14-2-6-9(18)10(19)11(20)12(22-6)21-3-4-7(16)8(17)5(15)1-13-4/h4-20H,1-3H2/t4-,5+,6-,7-,8-,9+,10+,11-,12-/m1/s1. The summed E-state index contributed by atoms with van der Waals surface area (Å²) in [4.78, 5) is 0. The van der Waals surface area contributed by atoms with Gasteiger partial charge in [-0.15, -0.1) is 0 Å². The highest BCUT2D eigenvalue weighted by molar-refractivity contribution is 4.93. The van der Waals surface area contributed by atoms with E-state index < -0.39 is 61.7 Å². The summed E-state index contributed by atoms with van der Waals surface area (Å²) in [5.41, 5.74) is 0. The molecule has 0 aliphatic carbocycles. The minimum Gasteiger partial charge on any atom is -0.394 e. The Morgan fingerprint density at radius 2 is 1.59 bits per heavy atom. The molecule has 0 amide bonds. The summed E-state index contributed by atoms with van der Waals surface area (Å²) >= 11 is 0. The Bertz CT molecular complexity index is 357. The lowest BCUT2D eigenvalue weighted by Gasteiger charge is -2.41. The Morgan fingerprint density at radius 3 is 2.23 bits per heavy atom. The third kappa shape index (κ3) is 3.57. The monoisotopic (exact) mass is 325 g/mol. The molecule has 10 nitrogen and oxygen atoms in total. The zero-order valence-electron chi connectivity index (χ0n) is 11.8. The Labute approximate surface area is 126 Å². The maximum atomic E-state index is 9.81. The van der Waals surface area contributed by atoms with Crippen LogP contribution in [0.2, 0.25) is 0 Å². The molecule has 130 valence electrons. The molecular weight excluding hydrogens is 302 g/mol. The van der Waals surface area contributed by atoms with Crippen LogP contribution in [0.3, 0.4) is 0 Å². The number of hydrogen-bond donors (Lipinski definition) is 8. The first kappa shape index (κ1) is 17.9. The number of aliphatic hydroxyl groups is 7. The van der Waals surface area contributed by atoms with Crippen molar-refractivity contribution in [2.75, 3.05) is 19.8 Å². The molecule has 2 fully saturated rings. The molecule has 0 spiro atoms. The molecule has 2 aliphatic heterocycles. The maximum absolute atomic E-state index is 9.81. The molecule has 8 N–H and O–H groups in total. The lowest BCUT2D eigenvalue weighted by atomic mass is 9.96. The van der Waals surface area contributed by atoms with E-state index in [4.69, 9.17) is 14.6 Å². The minimum atomic E-state index is -1.55. The molecule has 2 rings (SSSR count). The fraction of sp³-hybridized carbons (Fsp3) is 1.00. The Kier molecular flexibility index (Phi) is 6.07.